The number of phenols is 1. The first-order valence-corrected chi connectivity index (χ1v) is 9.45. The number of aromatic hydroxyl groups is 1. The van der Waals surface area contributed by atoms with Gasteiger partial charge in [-0.25, -0.2) is 0 Å². The molecule has 130 valence electrons. The zero-order valence-corrected chi connectivity index (χ0v) is 15.3. The van der Waals surface area contributed by atoms with Crippen molar-refractivity contribution in [2.75, 3.05) is 31.1 Å². The van der Waals surface area contributed by atoms with Crippen LogP contribution in [-0.2, 0) is 6.54 Å². The van der Waals surface area contributed by atoms with E-state index < -0.39 is 0 Å². The van der Waals surface area contributed by atoms with Crippen LogP contribution in [0.4, 0.5) is 5.69 Å². The Hall–Kier alpha value is -1.22. The Kier molecular flexibility index (Phi) is 7.22. The van der Waals surface area contributed by atoms with Crippen molar-refractivity contribution < 1.29 is 5.11 Å². The fourth-order valence-electron chi connectivity index (χ4n) is 3.42. The molecule has 1 fully saturated rings. The van der Waals surface area contributed by atoms with Gasteiger partial charge in [0, 0.05) is 19.6 Å². The number of unbranched alkanes of at least 4 members (excludes halogenated alkanes) is 2. The Morgan fingerprint density at radius 2 is 1.65 bits per heavy atom. The van der Waals surface area contributed by atoms with Crippen molar-refractivity contribution in [3.8, 4) is 5.75 Å². The molecule has 1 heterocycles. The van der Waals surface area contributed by atoms with Crippen LogP contribution in [0.15, 0.2) is 12.1 Å². The molecular formula is C20H34N2O. The first-order chi connectivity index (χ1) is 11.2. The molecule has 0 aliphatic carbocycles. The summed E-state index contributed by atoms with van der Waals surface area (Å²) < 4.78 is 0. The van der Waals surface area contributed by atoms with E-state index in [-0.39, 0.29) is 0 Å². The maximum atomic E-state index is 10.6. The van der Waals surface area contributed by atoms with Gasteiger partial charge in [0.15, 0.2) is 0 Å². The molecule has 1 saturated heterocycles. The van der Waals surface area contributed by atoms with Crippen LogP contribution in [0.25, 0.3) is 0 Å². The van der Waals surface area contributed by atoms with Gasteiger partial charge in [0.1, 0.15) is 5.75 Å². The normalized spacial score (nSPS) is 15.3. The topological polar surface area (TPSA) is 26.7 Å². The van der Waals surface area contributed by atoms with Crippen molar-refractivity contribution in [3.63, 3.8) is 0 Å². The molecule has 0 spiro atoms. The lowest BCUT2D eigenvalue weighted by molar-refractivity contribution is 0.331. The van der Waals surface area contributed by atoms with E-state index in [1.807, 2.05) is 6.92 Å². The molecule has 0 saturated carbocycles. The van der Waals surface area contributed by atoms with Crippen LogP contribution in [0.3, 0.4) is 0 Å². The Balaban J connectivity index is 2.19. The summed E-state index contributed by atoms with van der Waals surface area (Å²) in [4.78, 5) is 4.92. The van der Waals surface area contributed by atoms with E-state index in [2.05, 4.69) is 35.8 Å². The molecule has 3 nitrogen and oxygen atoms in total. The highest BCUT2D eigenvalue weighted by Gasteiger charge is 2.17. The number of anilines is 1. The van der Waals surface area contributed by atoms with Crippen molar-refractivity contribution in [1.29, 1.82) is 0 Å². The number of benzene rings is 1. The molecule has 1 aromatic carbocycles. The summed E-state index contributed by atoms with van der Waals surface area (Å²) in [6, 6.07) is 4.39. The Labute approximate surface area is 142 Å². The van der Waals surface area contributed by atoms with Gasteiger partial charge in [-0.1, -0.05) is 32.8 Å². The maximum Gasteiger partial charge on any atom is 0.141 e. The Bertz CT molecular complexity index is 473. The maximum absolute atomic E-state index is 10.6. The summed E-state index contributed by atoms with van der Waals surface area (Å²) >= 11 is 0. The third-order valence-electron chi connectivity index (χ3n) is 4.85. The lowest BCUT2D eigenvalue weighted by Crippen LogP contribution is -2.26. The zero-order valence-electron chi connectivity index (χ0n) is 15.3. The van der Waals surface area contributed by atoms with Crippen molar-refractivity contribution in [2.45, 2.75) is 65.8 Å². The minimum atomic E-state index is 0.474. The third kappa shape index (κ3) is 5.13. The number of hydrogen-bond acceptors (Lipinski definition) is 3. The summed E-state index contributed by atoms with van der Waals surface area (Å²) in [6.45, 7) is 12.0. The number of likely N-dealkylation sites (tertiary alicyclic amines) is 1. The van der Waals surface area contributed by atoms with Gasteiger partial charge in [0.05, 0.1) is 5.69 Å². The summed E-state index contributed by atoms with van der Waals surface area (Å²) in [6.07, 6.45) is 7.38. The van der Waals surface area contributed by atoms with E-state index in [0.29, 0.717) is 5.75 Å². The molecule has 2 rings (SSSR count). The number of phenolic OH excluding ortho intramolecular Hbond substituents is 1. The summed E-state index contributed by atoms with van der Waals surface area (Å²) in [5.41, 5.74) is 3.39. The molecule has 0 radical (unpaired) electrons. The van der Waals surface area contributed by atoms with Crippen molar-refractivity contribution in [3.05, 3.63) is 23.3 Å². The van der Waals surface area contributed by atoms with Gasteiger partial charge in [-0.05, 0) is 62.9 Å². The van der Waals surface area contributed by atoms with E-state index in [4.69, 9.17) is 0 Å². The lowest BCUT2D eigenvalue weighted by atomic mass is 10.1. The van der Waals surface area contributed by atoms with Gasteiger partial charge in [0.25, 0.3) is 0 Å². The minimum Gasteiger partial charge on any atom is -0.505 e. The average molecular weight is 319 g/mol. The van der Waals surface area contributed by atoms with E-state index in [1.54, 1.807) is 0 Å². The van der Waals surface area contributed by atoms with Gasteiger partial charge < -0.3 is 10.0 Å². The van der Waals surface area contributed by atoms with Gasteiger partial charge in [-0.2, -0.15) is 0 Å². The fraction of sp³-hybridized carbons (Fsp3) is 0.700. The molecule has 0 unspecified atom stereocenters. The number of hydrogen-bond donors (Lipinski definition) is 1. The highest BCUT2D eigenvalue weighted by molar-refractivity contribution is 5.62. The Morgan fingerprint density at radius 3 is 2.22 bits per heavy atom. The standard InChI is InChI=1S/C20H34N2O/c1-4-6-12-22(13-7-5-2)19-15-18(14-17(3)20(19)23)16-21-10-8-9-11-21/h14-15,23H,4-13,16H2,1-3H3. The summed E-state index contributed by atoms with van der Waals surface area (Å²) in [5.74, 6) is 0.474. The minimum absolute atomic E-state index is 0.474. The smallest absolute Gasteiger partial charge is 0.141 e. The molecule has 1 aliphatic heterocycles. The zero-order chi connectivity index (χ0) is 16.7. The molecule has 0 amide bonds. The van der Waals surface area contributed by atoms with Crippen LogP contribution < -0.4 is 4.90 Å². The van der Waals surface area contributed by atoms with Crippen LogP contribution in [-0.4, -0.2) is 36.2 Å². The SMILES string of the molecule is CCCCN(CCCC)c1cc(CN2CCCC2)cc(C)c1O. The predicted octanol–water partition coefficient (Wildman–Crippen LogP) is 4.70. The molecule has 1 N–H and O–H groups in total. The van der Waals surface area contributed by atoms with Crippen LogP contribution in [0, 0.1) is 6.92 Å². The summed E-state index contributed by atoms with van der Waals surface area (Å²) in [5, 5.41) is 10.6. The van der Waals surface area contributed by atoms with Crippen molar-refractivity contribution >= 4 is 5.69 Å². The van der Waals surface area contributed by atoms with Crippen LogP contribution in [0.5, 0.6) is 5.75 Å². The van der Waals surface area contributed by atoms with Crippen LogP contribution in [0.1, 0.15) is 63.5 Å². The van der Waals surface area contributed by atoms with Crippen molar-refractivity contribution in [1.82, 2.24) is 4.90 Å². The quantitative estimate of drug-likeness (QED) is 0.714. The first kappa shape index (κ1) is 18.1. The molecule has 0 aromatic heterocycles. The second-order valence-corrected chi connectivity index (χ2v) is 6.96. The van der Waals surface area contributed by atoms with Gasteiger partial charge >= 0.3 is 0 Å². The fourth-order valence-corrected chi connectivity index (χ4v) is 3.42. The third-order valence-corrected chi connectivity index (χ3v) is 4.85. The molecule has 0 atom stereocenters. The van der Waals surface area contributed by atoms with Crippen molar-refractivity contribution in [2.24, 2.45) is 0 Å². The van der Waals surface area contributed by atoms with Crippen LogP contribution >= 0.6 is 0 Å². The van der Waals surface area contributed by atoms with E-state index in [1.165, 1.54) is 57.2 Å². The molecule has 1 aromatic rings. The predicted molar refractivity (Wildman–Crippen MR) is 99.4 cm³/mol. The highest BCUT2D eigenvalue weighted by atomic mass is 16.3. The molecule has 3 heteroatoms. The molecule has 1 aliphatic rings. The molecular weight excluding hydrogens is 284 g/mol. The summed E-state index contributed by atoms with van der Waals surface area (Å²) in [7, 11) is 0. The largest absolute Gasteiger partial charge is 0.505 e. The van der Waals surface area contributed by atoms with E-state index in [9.17, 15) is 5.11 Å². The van der Waals surface area contributed by atoms with Gasteiger partial charge in [-0.15, -0.1) is 0 Å². The number of aryl methyl sites for hydroxylation is 1. The lowest BCUT2D eigenvalue weighted by Gasteiger charge is -2.27. The molecule has 0 bridgehead atoms. The number of nitrogens with zero attached hydrogens (tertiary/aromatic N) is 2. The van der Waals surface area contributed by atoms with Crippen LogP contribution in [0.2, 0.25) is 0 Å². The highest BCUT2D eigenvalue weighted by Crippen LogP contribution is 2.33. The molecule has 23 heavy (non-hydrogen) atoms. The average Bonchev–Trinajstić information content (AvgIpc) is 3.04. The van der Waals surface area contributed by atoms with Gasteiger partial charge in [0.2, 0.25) is 0 Å². The van der Waals surface area contributed by atoms with E-state index in [0.717, 1.165) is 30.9 Å². The van der Waals surface area contributed by atoms with Gasteiger partial charge in [-0.3, -0.25) is 4.90 Å². The Morgan fingerprint density at radius 1 is 1.04 bits per heavy atom. The monoisotopic (exact) mass is 318 g/mol. The number of rotatable bonds is 9. The van der Waals surface area contributed by atoms with E-state index >= 15 is 0 Å². The second-order valence-electron chi connectivity index (χ2n) is 6.96. The first-order valence-electron chi connectivity index (χ1n) is 9.45. The second kappa shape index (κ2) is 9.17.